The summed E-state index contributed by atoms with van der Waals surface area (Å²) in [6.45, 7) is 4.33. The minimum atomic E-state index is 0.568. The molecule has 1 saturated carbocycles. The maximum atomic E-state index is 5.78. The SMILES string of the molecule is CCNC(CCC1CCCCO1)C1CC1. The number of hydrogen-bond donors (Lipinski definition) is 1. The van der Waals surface area contributed by atoms with Gasteiger partial charge in [0.1, 0.15) is 0 Å². The molecule has 1 N–H and O–H groups in total. The van der Waals surface area contributed by atoms with E-state index in [1.807, 2.05) is 0 Å². The molecule has 2 fully saturated rings. The van der Waals surface area contributed by atoms with Crippen molar-refractivity contribution in [1.82, 2.24) is 5.32 Å². The predicted octanol–water partition coefficient (Wildman–Crippen LogP) is 2.72. The molecule has 0 amide bonds. The number of rotatable bonds is 6. The molecule has 2 nitrogen and oxygen atoms in total. The first kappa shape index (κ1) is 11.4. The highest BCUT2D eigenvalue weighted by Gasteiger charge is 2.30. The highest BCUT2D eigenvalue weighted by molar-refractivity contribution is 4.86. The largest absolute Gasteiger partial charge is 0.378 e. The van der Waals surface area contributed by atoms with Crippen LogP contribution in [0.1, 0.15) is 51.9 Å². The van der Waals surface area contributed by atoms with E-state index in [4.69, 9.17) is 4.74 Å². The third-order valence-electron chi connectivity index (χ3n) is 3.73. The Morgan fingerprint density at radius 1 is 1.27 bits per heavy atom. The highest BCUT2D eigenvalue weighted by atomic mass is 16.5. The van der Waals surface area contributed by atoms with Crippen molar-refractivity contribution in [2.75, 3.05) is 13.2 Å². The molecule has 0 spiro atoms. The van der Waals surface area contributed by atoms with Crippen molar-refractivity contribution in [1.29, 1.82) is 0 Å². The molecule has 0 aromatic rings. The molecule has 0 bridgehead atoms. The zero-order valence-corrected chi connectivity index (χ0v) is 10.0. The zero-order chi connectivity index (χ0) is 10.5. The molecule has 2 atom stereocenters. The lowest BCUT2D eigenvalue weighted by molar-refractivity contribution is 0.00824. The Hall–Kier alpha value is -0.0800. The van der Waals surface area contributed by atoms with Gasteiger partial charge < -0.3 is 10.1 Å². The van der Waals surface area contributed by atoms with Gasteiger partial charge in [0.25, 0.3) is 0 Å². The van der Waals surface area contributed by atoms with Crippen molar-refractivity contribution in [3.05, 3.63) is 0 Å². The Kier molecular flexibility index (Phi) is 4.45. The van der Waals surface area contributed by atoms with E-state index in [1.54, 1.807) is 0 Å². The molecular formula is C13H25NO. The maximum Gasteiger partial charge on any atom is 0.0575 e. The first-order valence-electron chi connectivity index (χ1n) is 6.75. The van der Waals surface area contributed by atoms with Crippen LogP contribution in [0.25, 0.3) is 0 Å². The van der Waals surface area contributed by atoms with Crippen LogP contribution in [0.15, 0.2) is 0 Å². The van der Waals surface area contributed by atoms with E-state index in [0.717, 1.165) is 25.1 Å². The van der Waals surface area contributed by atoms with Gasteiger partial charge >= 0.3 is 0 Å². The van der Waals surface area contributed by atoms with Crippen LogP contribution in [0.3, 0.4) is 0 Å². The van der Waals surface area contributed by atoms with E-state index < -0.39 is 0 Å². The Balaban J connectivity index is 1.65. The highest BCUT2D eigenvalue weighted by Crippen LogP contribution is 2.35. The molecule has 1 aliphatic carbocycles. The predicted molar refractivity (Wildman–Crippen MR) is 63.0 cm³/mol. The second-order valence-corrected chi connectivity index (χ2v) is 5.07. The fraction of sp³-hybridized carbons (Fsp3) is 1.00. The van der Waals surface area contributed by atoms with Gasteiger partial charge in [0.15, 0.2) is 0 Å². The van der Waals surface area contributed by atoms with Crippen LogP contribution in [0, 0.1) is 5.92 Å². The molecule has 15 heavy (non-hydrogen) atoms. The molecule has 1 aliphatic heterocycles. The Morgan fingerprint density at radius 2 is 2.13 bits per heavy atom. The second kappa shape index (κ2) is 5.86. The molecule has 2 rings (SSSR count). The van der Waals surface area contributed by atoms with E-state index in [1.165, 1.54) is 44.9 Å². The van der Waals surface area contributed by atoms with Crippen molar-refractivity contribution in [2.45, 2.75) is 64.0 Å². The summed E-state index contributed by atoms with van der Waals surface area (Å²) in [5.74, 6) is 0.980. The van der Waals surface area contributed by atoms with E-state index >= 15 is 0 Å². The van der Waals surface area contributed by atoms with Crippen LogP contribution in [-0.2, 0) is 4.74 Å². The molecule has 2 unspecified atom stereocenters. The molecule has 1 saturated heterocycles. The van der Waals surface area contributed by atoms with Crippen molar-refractivity contribution in [3.63, 3.8) is 0 Å². The third kappa shape index (κ3) is 3.76. The molecule has 0 radical (unpaired) electrons. The first-order chi connectivity index (χ1) is 7.40. The van der Waals surface area contributed by atoms with Gasteiger partial charge in [0.05, 0.1) is 6.10 Å². The first-order valence-corrected chi connectivity index (χ1v) is 6.75. The van der Waals surface area contributed by atoms with E-state index in [9.17, 15) is 0 Å². The smallest absolute Gasteiger partial charge is 0.0575 e. The lowest BCUT2D eigenvalue weighted by atomic mass is 9.99. The van der Waals surface area contributed by atoms with E-state index in [0.29, 0.717) is 6.10 Å². The fourth-order valence-corrected chi connectivity index (χ4v) is 2.67. The van der Waals surface area contributed by atoms with E-state index in [-0.39, 0.29) is 0 Å². The summed E-state index contributed by atoms with van der Waals surface area (Å²) >= 11 is 0. The molecule has 88 valence electrons. The Labute approximate surface area is 93.8 Å². The van der Waals surface area contributed by atoms with Gasteiger partial charge in [0, 0.05) is 12.6 Å². The van der Waals surface area contributed by atoms with Gasteiger partial charge in [0.2, 0.25) is 0 Å². The van der Waals surface area contributed by atoms with Gasteiger partial charge in [-0.2, -0.15) is 0 Å². The van der Waals surface area contributed by atoms with Crippen molar-refractivity contribution in [3.8, 4) is 0 Å². The summed E-state index contributed by atoms with van der Waals surface area (Å²) in [5.41, 5.74) is 0. The zero-order valence-electron chi connectivity index (χ0n) is 10.0. The van der Waals surface area contributed by atoms with Crippen LogP contribution in [-0.4, -0.2) is 25.3 Å². The average Bonchev–Trinajstić information content (AvgIpc) is 3.09. The third-order valence-corrected chi connectivity index (χ3v) is 3.73. The number of ether oxygens (including phenoxy) is 1. The van der Waals surface area contributed by atoms with Crippen molar-refractivity contribution in [2.24, 2.45) is 5.92 Å². The van der Waals surface area contributed by atoms with Crippen LogP contribution in [0.4, 0.5) is 0 Å². The molecule has 1 heterocycles. The summed E-state index contributed by atoms with van der Waals surface area (Å²) < 4.78 is 5.78. The fourth-order valence-electron chi connectivity index (χ4n) is 2.67. The average molecular weight is 211 g/mol. The molecule has 0 aromatic heterocycles. The monoisotopic (exact) mass is 211 g/mol. The molecular weight excluding hydrogens is 186 g/mol. The van der Waals surface area contributed by atoms with Gasteiger partial charge in [-0.3, -0.25) is 0 Å². The van der Waals surface area contributed by atoms with Crippen LogP contribution in [0.2, 0.25) is 0 Å². The van der Waals surface area contributed by atoms with Crippen LogP contribution < -0.4 is 5.32 Å². The van der Waals surface area contributed by atoms with Gasteiger partial charge in [-0.15, -0.1) is 0 Å². The lowest BCUT2D eigenvalue weighted by Crippen LogP contribution is -2.32. The van der Waals surface area contributed by atoms with E-state index in [2.05, 4.69) is 12.2 Å². The molecule has 2 heteroatoms. The summed E-state index contributed by atoms with van der Waals surface area (Å²) in [6, 6.07) is 0.778. The second-order valence-electron chi connectivity index (χ2n) is 5.07. The normalized spacial score (nSPS) is 29.0. The summed E-state index contributed by atoms with van der Waals surface area (Å²) in [5, 5.41) is 3.63. The van der Waals surface area contributed by atoms with Gasteiger partial charge in [-0.1, -0.05) is 6.92 Å². The quantitative estimate of drug-likeness (QED) is 0.729. The minimum Gasteiger partial charge on any atom is -0.378 e. The summed E-state index contributed by atoms with van der Waals surface area (Å²) in [7, 11) is 0. The van der Waals surface area contributed by atoms with Gasteiger partial charge in [-0.25, -0.2) is 0 Å². The summed E-state index contributed by atoms with van der Waals surface area (Å²) in [4.78, 5) is 0. The minimum absolute atomic E-state index is 0.568. The Morgan fingerprint density at radius 3 is 2.73 bits per heavy atom. The number of hydrogen-bond acceptors (Lipinski definition) is 2. The number of nitrogens with one attached hydrogen (secondary N) is 1. The topological polar surface area (TPSA) is 21.3 Å². The van der Waals surface area contributed by atoms with Crippen molar-refractivity contribution < 1.29 is 4.74 Å². The van der Waals surface area contributed by atoms with Crippen LogP contribution in [0.5, 0.6) is 0 Å². The maximum absolute atomic E-state index is 5.78. The van der Waals surface area contributed by atoms with Crippen molar-refractivity contribution >= 4 is 0 Å². The Bertz CT molecular complexity index is 173. The standard InChI is InChI=1S/C13H25NO/c1-2-14-13(11-6-7-11)9-8-12-5-3-4-10-15-12/h11-14H,2-10H2,1H3. The summed E-state index contributed by atoms with van der Waals surface area (Å²) in [6.07, 6.45) is 10.0. The van der Waals surface area contributed by atoms with Gasteiger partial charge in [-0.05, 0) is 57.4 Å². The lowest BCUT2D eigenvalue weighted by Gasteiger charge is -2.25. The van der Waals surface area contributed by atoms with Crippen LogP contribution >= 0.6 is 0 Å². The molecule has 0 aromatic carbocycles. The molecule has 2 aliphatic rings.